The van der Waals surface area contributed by atoms with Gasteiger partial charge >= 0.3 is 0 Å². The van der Waals surface area contributed by atoms with Crippen LogP contribution in [0.25, 0.3) is 0 Å². The molecular formula is C13H12Cl2FN3. The molecule has 1 aromatic carbocycles. The van der Waals surface area contributed by atoms with Crippen LogP contribution in [0.15, 0.2) is 24.3 Å². The molecule has 1 atom stereocenters. The number of anilines is 1. The standard InChI is InChI=1S/C13H12Cl2FN3/c1-7(13-9(14)4-3-5-10(13)16)17-12-6-11(15)18-8(2)19-12/h3-7H,1-2H3,(H,17,18,19). The molecule has 1 aromatic heterocycles. The van der Waals surface area contributed by atoms with Gasteiger partial charge in [-0.3, -0.25) is 0 Å². The molecule has 0 amide bonds. The third-order valence-corrected chi connectivity index (χ3v) is 3.13. The molecule has 0 aliphatic heterocycles. The predicted molar refractivity (Wildman–Crippen MR) is 75.2 cm³/mol. The van der Waals surface area contributed by atoms with Gasteiger partial charge in [0.05, 0.1) is 6.04 Å². The van der Waals surface area contributed by atoms with Crippen molar-refractivity contribution >= 4 is 29.0 Å². The van der Waals surface area contributed by atoms with Crippen LogP contribution in [0.4, 0.5) is 10.2 Å². The molecule has 6 heteroatoms. The van der Waals surface area contributed by atoms with Gasteiger partial charge in [-0.1, -0.05) is 29.3 Å². The van der Waals surface area contributed by atoms with E-state index in [0.717, 1.165) is 0 Å². The van der Waals surface area contributed by atoms with Gasteiger partial charge in [0.15, 0.2) is 0 Å². The molecule has 0 saturated carbocycles. The van der Waals surface area contributed by atoms with Gasteiger partial charge in [-0.25, -0.2) is 14.4 Å². The minimum atomic E-state index is -0.357. The van der Waals surface area contributed by atoms with E-state index in [-0.39, 0.29) is 11.9 Å². The van der Waals surface area contributed by atoms with Crippen molar-refractivity contribution in [1.82, 2.24) is 9.97 Å². The second-order valence-electron chi connectivity index (χ2n) is 4.12. The Labute approximate surface area is 120 Å². The van der Waals surface area contributed by atoms with Crippen LogP contribution in [0.1, 0.15) is 24.4 Å². The summed E-state index contributed by atoms with van der Waals surface area (Å²) >= 11 is 11.9. The molecule has 0 saturated heterocycles. The lowest BCUT2D eigenvalue weighted by Gasteiger charge is -2.17. The zero-order valence-corrected chi connectivity index (χ0v) is 11.9. The van der Waals surface area contributed by atoms with Gasteiger partial charge < -0.3 is 5.32 Å². The highest BCUT2D eigenvalue weighted by Crippen LogP contribution is 2.28. The van der Waals surface area contributed by atoms with Crippen LogP contribution < -0.4 is 5.32 Å². The molecule has 3 nitrogen and oxygen atoms in total. The summed E-state index contributed by atoms with van der Waals surface area (Å²) in [5.41, 5.74) is 0.400. The average Bonchev–Trinajstić information content (AvgIpc) is 2.26. The molecule has 2 aromatic rings. The average molecular weight is 300 g/mol. The SMILES string of the molecule is Cc1nc(Cl)cc(NC(C)c2c(F)cccc2Cl)n1. The van der Waals surface area contributed by atoms with E-state index in [4.69, 9.17) is 23.2 Å². The van der Waals surface area contributed by atoms with E-state index in [1.807, 2.05) is 0 Å². The summed E-state index contributed by atoms with van der Waals surface area (Å²) in [5, 5.41) is 3.77. The summed E-state index contributed by atoms with van der Waals surface area (Å²) in [6.45, 7) is 3.54. The zero-order valence-electron chi connectivity index (χ0n) is 10.4. The number of halogens is 3. The summed E-state index contributed by atoms with van der Waals surface area (Å²) in [4.78, 5) is 8.15. The minimum Gasteiger partial charge on any atom is -0.363 e. The maximum absolute atomic E-state index is 13.8. The number of aromatic nitrogens is 2. The predicted octanol–water partition coefficient (Wildman–Crippen LogP) is 4.40. The molecule has 100 valence electrons. The Hall–Kier alpha value is -1.39. The minimum absolute atomic E-state index is 0.334. The molecule has 0 bridgehead atoms. The third-order valence-electron chi connectivity index (χ3n) is 2.60. The van der Waals surface area contributed by atoms with E-state index in [1.54, 1.807) is 32.0 Å². The fourth-order valence-electron chi connectivity index (χ4n) is 1.82. The molecule has 1 unspecified atom stereocenters. The first-order valence-electron chi connectivity index (χ1n) is 5.69. The van der Waals surface area contributed by atoms with Crippen LogP contribution in [0.5, 0.6) is 0 Å². The highest BCUT2D eigenvalue weighted by Gasteiger charge is 2.15. The number of nitrogens with zero attached hydrogens (tertiary/aromatic N) is 2. The third kappa shape index (κ3) is 3.33. The van der Waals surface area contributed by atoms with Gasteiger partial charge in [-0.2, -0.15) is 0 Å². The normalized spacial score (nSPS) is 12.3. The van der Waals surface area contributed by atoms with Crippen molar-refractivity contribution in [3.8, 4) is 0 Å². The van der Waals surface area contributed by atoms with E-state index in [1.165, 1.54) is 6.07 Å². The summed E-state index contributed by atoms with van der Waals surface area (Å²) in [7, 11) is 0. The number of aryl methyl sites for hydroxylation is 1. The lowest BCUT2D eigenvalue weighted by molar-refractivity contribution is 0.600. The molecule has 0 aliphatic rings. The highest BCUT2D eigenvalue weighted by atomic mass is 35.5. The molecular weight excluding hydrogens is 288 g/mol. The van der Waals surface area contributed by atoms with E-state index in [9.17, 15) is 4.39 Å². The van der Waals surface area contributed by atoms with Crippen LogP contribution in [-0.4, -0.2) is 9.97 Å². The van der Waals surface area contributed by atoms with E-state index < -0.39 is 0 Å². The summed E-state index contributed by atoms with van der Waals surface area (Å²) < 4.78 is 13.8. The summed E-state index contributed by atoms with van der Waals surface area (Å²) in [6.07, 6.45) is 0. The van der Waals surface area contributed by atoms with E-state index in [0.29, 0.717) is 27.4 Å². The van der Waals surface area contributed by atoms with Crippen LogP contribution in [0, 0.1) is 12.7 Å². The highest BCUT2D eigenvalue weighted by molar-refractivity contribution is 6.31. The first kappa shape index (κ1) is 14.0. The largest absolute Gasteiger partial charge is 0.363 e. The number of benzene rings is 1. The Morgan fingerprint density at radius 1 is 1.26 bits per heavy atom. The molecule has 0 aliphatic carbocycles. The summed E-state index contributed by atoms with van der Waals surface area (Å²) in [5.74, 6) is 0.718. The quantitative estimate of drug-likeness (QED) is 0.853. The first-order chi connectivity index (χ1) is 8.97. The summed E-state index contributed by atoms with van der Waals surface area (Å²) in [6, 6.07) is 5.84. The second-order valence-corrected chi connectivity index (χ2v) is 4.92. The van der Waals surface area contributed by atoms with Crippen LogP contribution in [0.3, 0.4) is 0 Å². The number of hydrogen-bond acceptors (Lipinski definition) is 3. The van der Waals surface area contributed by atoms with Crippen LogP contribution in [0.2, 0.25) is 10.2 Å². The molecule has 0 fully saturated rings. The van der Waals surface area contributed by atoms with Crippen molar-refractivity contribution in [1.29, 1.82) is 0 Å². The maximum Gasteiger partial charge on any atom is 0.134 e. The molecule has 2 rings (SSSR count). The lowest BCUT2D eigenvalue weighted by atomic mass is 10.1. The smallest absolute Gasteiger partial charge is 0.134 e. The number of rotatable bonds is 3. The van der Waals surface area contributed by atoms with Crippen LogP contribution in [-0.2, 0) is 0 Å². The van der Waals surface area contributed by atoms with E-state index in [2.05, 4.69) is 15.3 Å². The van der Waals surface area contributed by atoms with Gasteiger partial charge in [0.25, 0.3) is 0 Å². The Bertz CT molecular complexity index is 564. The Morgan fingerprint density at radius 3 is 2.63 bits per heavy atom. The monoisotopic (exact) mass is 299 g/mol. The van der Waals surface area contributed by atoms with Crippen molar-refractivity contribution in [2.24, 2.45) is 0 Å². The lowest BCUT2D eigenvalue weighted by Crippen LogP contribution is -2.11. The number of hydrogen-bond donors (Lipinski definition) is 1. The first-order valence-corrected chi connectivity index (χ1v) is 6.44. The second kappa shape index (κ2) is 5.72. The topological polar surface area (TPSA) is 37.8 Å². The van der Waals surface area contributed by atoms with E-state index >= 15 is 0 Å². The maximum atomic E-state index is 13.8. The van der Waals surface area contributed by atoms with Gasteiger partial charge in [0.2, 0.25) is 0 Å². The molecule has 0 radical (unpaired) electrons. The van der Waals surface area contributed by atoms with Crippen molar-refractivity contribution in [2.45, 2.75) is 19.9 Å². The van der Waals surface area contributed by atoms with Crippen molar-refractivity contribution in [3.63, 3.8) is 0 Å². The fourth-order valence-corrected chi connectivity index (χ4v) is 2.38. The van der Waals surface area contributed by atoms with Gasteiger partial charge in [0.1, 0.15) is 22.6 Å². The Kier molecular flexibility index (Phi) is 4.22. The van der Waals surface area contributed by atoms with Crippen molar-refractivity contribution in [2.75, 3.05) is 5.32 Å². The molecule has 1 heterocycles. The van der Waals surface area contributed by atoms with Gasteiger partial charge in [-0.15, -0.1) is 0 Å². The van der Waals surface area contributed by atoms with Gasteiger partial charge in [0, 0.05) is 16.7 Å². The van der Waals surface area contributed by atoms with Crippen molar-refractivity contribution < 1.29 is 4.39 Å². The zero-order chi connectivity index (χ0) is 14.0. The molecule has 19 heavy (non-hydrogen) atoms. The molecule has 0 spiro atoms. The van der Waals surface area contributed by atoms with Gasteiger partial charge in [-0.05, 0) is 26.0 Å². The number of nitrogens with one attached hydrogen (secondary N) is 1. The fraction of sp³-hybridized carbons (Fsp3) is 0.231. The van der Waals surface area contributed by atoms with Crippen molar-refractivity contribution in [3.05, 3.63) is 51.6 Å². The Balaban J connectivity index is 2.28. The molecule has 1 N–H and O–H groups in total. The van der Waals surface area contributed by atoms with Crippen LogP contribution >= 0.6 is 23.2 Å². The Morgan fingerprint density at radius 2 is 2.00 bits per heavy atom.